The first-order valence-corrected chi connectivity index (χ1v) is 7.46. The van der Waals surface area contributed by atoms with Crippen LogP contribution >= 0.6 is 0 Å². The van der Waals surface area contributed by atoms with Crippen molar-refractivity contribution in [3.63, 3.8) is 0 Å². The van der Waals surface area contributed by atoms with Crippen molar-refractivity contribution < 1.29 is 4.74 Å². The summed E-state index contributed by atoms with van der Waals surface area (Å²) in [4.78, 5) is 4.39. The number of nitrogens with zero attached hydrogens (tertiary/aromatic N) is 1. The van der Waals surface area contributed by atoms with Gasteiger partial charge in [0.15, 0.2) is 0 Å². The summed E-state index contributed by atoms with van der Waals surface area (Å²) in [6.07, 6.45) is 5.41. The number of nitrogens with one attached hydrogen (secondary N) is 1. The largest absolute Gasteiger partial charge is 0.381 e. The van der Waals surface area contributed by atoms with Crippen LogP contribution in [-0.4, -0.2) is 25.2 Å². The van der Waals surface area contributed by atoms with Crippen LogP contribution in [-0.2, 0) is 4.74 Å². The molecule has 1 N–H and O–H groups in total. The molecule has 3 rings (SSSR count). The van der Waals surface area contributed by atoms with E-state index in [1.54, 1.807) is 0 Å². The molecule has 0 saturated carbocycles. The number of benzene rings is 1. The predicted molar refractivity (Wildman–Crippen MR) is 81.7 cm³/mol. The summed E-state index contributed by atoms with van der Waals surface area (Å²) < 4.78 is 5.45. The quantitative estimate of drug-likeness (QED) is 0.925. The van der Waals surface area contributed by atoms with Crippen LogP contribution in [0, 0.1) is 5.92 Å². The van der Waals surface area contributed by atoms with E-state index in [0.29, 0.717) is 6.04 Å². The number of fused-ring (bicyclic) bond motifs is 1. The zero-order chi connectivity index (χ0) is 13.8. The smallest absolute Gasteiger partial charge is 0.0702 e. The minimum Gasteiger partial charge on any atom is -0.381 e. The fourth-order valence-electron chi connectivity index (χ4n) is 3.05. The Hall–Kier alpha value is -1.45. The minimum atomic E-state index is 0.419. The molecule has 3 heteroatoms. The molecule has 1 aromatic heterocycles. The maximum atomic E-state index is 5.45. The third-order valence-electron chi connectivity index (χ3n) is 4.29. The average molecular weight is 270 g/mol. The highest BCUT2D eigenvalue weighted by Gasteiger charge is 2.19. The molecule has 0 aliphatic carbocycles. The molecule has 2 aromatic rings. The van der Waals surface area contributed by atoms with Crippen LogP contribution in [0.25, 0.3) is 10.9 Å². The van der Waals surface area contributed by atoms with Gasteiger partial charge in [0.1, 0.15) is 0 Å². The average Bonchev–Trinajstić information content (AvgIpc) is 2.53. The number of hydrogen-bond acceptors (Lipinski definition) is 3. The first-order chi connectivity index (χ1) is 9.86. The Morgan fingerprint density at radius 3 is 2.95 bits per heavy atom. The molecule has 1 aromatic carbocycles. The molecule has 2 heterocycles. The number of hydrogen-bond donors (Lipinski definition) is 1. The van der Waals surface area contributed by atoms with E-state index in [1.807, 2.05) is 12.3 Å². The SMILES string of the molecule is CNC(CC1CCOCC1)c1ccc2ncccc2c1. The van der Waals surface area contributed by atoms with E-state index >= 15 is 0 Å². The zero-order valence-electron chi connectivity index (χ0n) is 12.0. The molecule has 0 amide bonds. The standard InChI is InChI=1S/C17H22N2O/c1-18-17(11-13-6-9-20-10-7-13)15-4-5-16-14(12-15)3-2-8-19-16/h2-5,8,12-13,17-18H,6-7,9-11H2,1H3. The number of rotatable bonds is 4. The summed E-state index contributed by atoms with van der Waals surface area (Å²) >= 11 is 0. The zero-order valence-corrected chi connectivity index (χ0v) is 12.0. The van der Waals surface area contributed by atoms with Crippen LogP contribution in [0.4, 0.5) is 0 Å². The molecule has 0 spiro atoms. The van der Waals surface area contributed by atoms with Crippen molar-refractivity contribution in [1.82, 2.24) is 10.3 Å². The van der Waals surface area contributed by atoms with Crippen LogP contribution in [0.1, 0.15) is 30.9 Å². The van der Waals surface area contributed by atoms with Gasteiger partial charge >= 0.3 is 0 Å². The van der Waals surface area contributed by atoms with Crippen LogP contribution < -0.4 is 5.32 Å². The molecule has 106 valence electrons. The highest BCUT2D eigenvalue weighted by molar-refractivity contribution is 5.79. The van der Waals surface area contributed by atoms with Gasteiger partial charge in [0, 0.05) is 30.8 Å². The fourth-order valence-corrected chi connectivity index (χ4v) is 3.05. The van der Waals surface area contributed by atoms with Crippen molar-refractivity contribution >= 4 is 10.9 Å². The minimum absolute atomic E-state index is 0.419. The summed E-state index contributed by atoms with van der Waals surface area (Å²) in [6.45, 7) is 1.84. The molecule has 0 bridgehead atoms. The highest BCUT2D eigenvalue weighted by Crippen LogP contribution is 2.28. The lowest BCUT2D eigenvalue weighted by Crippen LogP contribution is -2.23. The topological polar surface area (TPSA) is 34.1 Å². The van der Waals surface area contributed by atoms with Crippen LogP contribution in [0.2, 0.25) is 0 Å². The predicted octanol–water partition coefficient (Wildman–Crippen LogP) is 3.31. The van der Waals surface area contributed by atoms with Gasteiger partial charge in [-0.2, -0.15) is 0 Å². The van der Waals surface area contributed by atoms with E-state index in [1.165, 1.54) is 30.2 Å². The number of aromatic nitrogens is 1. The van der Waals surface area contributed by atoms with Crippen LogP contribution in [0.15, 0.2) is 36.5 Å². The number of ether oxygens (including phenoxy) is 1. The fraction of sp³-hybridized carbons (Fsp3) is 0.471. The van der Waals surface area contributed by atoms with Gasteiger partial charge in [-0.05, 0) is 56.0 Å². The molecule has 20 heavy (non-hydrogen) atoms. The van der Waals surface area contributed by atoms with Gasteiger partial charge in [-0.1, -0.05) is 12.1 Å². The molecule has 1 fully saturated rings. The van der Waals surface area contributed by atoms with Crippen molar-refractivity contribution in [2.24, 2.45) is 5.92 Å². The maximum absolute atomic E-state index is 5.45. The molecule has 1 aliphatic heterocycles. The second kappa shape index (κ2) is 6.33. The van der Waals surface area contributed by atoms with Crippen molar-refractivity contribution in [2.45, 2.75) is 25.3 Å². The summed E-state index contributed by atoms with van der Waals surface area (Å²) in [5.41, 5.74) is 2.43. The first-order valence-electron chi connectivity index (χ1n) is 7.46. The lowest BCUT2D eigenvalue weighted by molar-refractivity contribution is 0.0608. The van der Waals surface area contributed by atoms with Gasteiger partial charge in [-0.3, -0.25) is 4.98 Å². The Balaban J connectivity index is 1.79. The van der Waals surface area contributed by atoms with Crippen molar-refractivity contribution in [3.8, 4) is 0 Å². The molecule has 0 radical (unpaired) electrons. The van der Waals surface area contributed by atoms with E-state index in [4.69, 9.17) is 4.74 Å². The third kappa shape index (κ3) is 3.00. The molecular weight excluding hydrogens is 248 g/mol. The summed E-state index contributed by atoms with van der Waals surface area (Å²) in [5, 5.41) is 4.69. The van der Waals surface area contributed by atoms with Crippen LogP contribution in [0.5, 0.6) is 0 Å². The molecule has 1 saturated heterocycles. The maximum Gasteiger partial charge on any atom is 0.0702 e. The van der Waals surface area contributed by atoms with Crippen molar-refractivity contribution in [2.75, 3.05) is 20.3 Å². The lowest BCUT2D eigenvalue weighted by atomic mass is 9.89. The Labute approximate surface area is 120 Å². The third-order valence-corrected chi connectivity index (χ3v) is 4.29. The lowest BCUT2D eigenvalue weighted by Gasteiger charge is -2.27. The van der Waals surface area contributed by atoms with Crippen molar-refractivity contribution in [1.29, 1.82) is 0 Å². The Kier molecular flexibility index (Phi) is 4.28. The van der Waals surface area contributed by atoms with Gasteiger partial charge in [-0.25, -0.2) is 0 Å². The number of pyridine rings is 1. The summed E-state index contributed by atoms with van der Waals surface area (Å²) in [6, 6.07) is 11.1. The molecule has 1 unspecified atom stereocenters. The molecule has 3 nitrogen and oxygen atoms in total. The van der Waals surface area contributed by atoms with E-state index in [-0.39, 0.29) is 0 Å². The monoisotopic (exact) mass is 270 g/mol. The van der Waals surface area contributed by atoms with Gasteiger partial charge in [0.2, 0.25) is 0 Å². The van der Waals surface area contributed by atoms with Gasteiger partial charge < -0.3 is 10.1 Å². The molecule has 1 aliphatic rings. The normalized spacial score (nSPS) is 18.2. The molecular formula is C17H22N2O. The second-order valence-corrected chi connectivity index (χ2v) is 5.59. The van der Waals surface area contributed by atoms with E-state index in [9.17, 15) is 0 Å². The summed E-state index contributed by atoms with van der Waals surface area (Å²) in [5.74, 6) is 0.769. The van der Waals surface area contributed by atoms with E-state index in [0.717, 1.165) is 24.6 Å². The van der Waals surface area contributed by atoms with E-state index in [2.05, 4.69) is 41.6 Å². The Bertz CT molecular complexity index is 564. The Morgan fingerprint density at radius 1 is 1.30 bits per heavy atom. The van der Waals surface area contributed by atoms with Gasteiger partial charge in [-0.15, -0.1) is 0 Å². The van der Waals surface area contributed by atoms with E-state index < -0.39 is 0 Å². The second-order valence-electron chi connectivity index (χ2n) is 5.59. The van der Waals surface area contributed by atoms with Crippen LogP contribution in [0.3, 0.4) is 0 Å². The molecule has 1 atom stereocenters. The summed E-state index contributed by atoms with van der Waals surface area (Å²) in [7, 11) is 2.05. The Morgan fingerprint density at radius 2 is 2.15 bits per heavy atom. The van der Waals surface area contributed by atoms with Gasteiger partial charge in [0.05, 0.1) is 5.52 Å². The van der Waals surface area contributed by atoms with Crippen molar-refractivity contribution in [3.05, 3.63) is 42.1 Å². The highest BCUT2D eigenvalue weighted by atomic mass is 16.5. The first kappa shape index (κ1) is 13.5. The van der Waals surface area contributed by atoms with Gasteiger partial charge in [0.25, 0.3) is 0 Å².